The third kappa shape index (κ3) is 4.67. The second-order valence-corrected chi connectivity index (χ2v) is 4.14. The van der Waals surface area contributed by atoms with Crippen LogP contribution >= 0.6 is 23.2 Å². The molecule has 1 N–H and O–H groups in total. The zero-order valence-corrected chi connectivity index (χ0v) is 12.0. The lowest BCUT2D eigenvalue weighted by atomic mass is 10.2. The van der Waals surface area contributed by atoms with Crippen LogP contribution in [0.1, 0.15) is 13.8 Å². The van der Waals surface area contributed by atoms with Crippen LogP contribution in [0.3, 0.4) is 0 Å². The number of benzene rings is 1. The fourth-order valence-electron chi connectivity index (χ4n) is 1.39. The van der Waals surface area contributed by atoms with Crippen molar-refractivity contribution in [1.82, 2.24) is 0 Å². The maximum atomic E-state index is 5.81. The molecule has 0 saturated heterocycles. The largest absolute Gasteiger partial charge is 0.490 e. The van der Waals surface area contributed by atoms with Gasteiger partial charge in [-0.05, 0) is 26.0 Å². The molecule has 0 aliphatic heterocycles. The van der Waals surface area contributed by atoms with Gasteiger partial charge in [0.15, 0.2) is 11.5 Å². The van der Waals surface area contributed by atoms with Crippen LogP contribution in [0.4, 0.5) is 5.69 Å². The third-order valence-electron chi connectivity index (χ3n) is 2.12. The second kappa shape index (κ2) is 8.11. The number of anilines is 1. The average molecular weight is 290 g/mol. The molecule has 0 aliphatic rings. The molecular weight excluding hydrogens is 273 g/mol. The zero-order valence-electron chi connectivity index (χ0n) is 10.5. The maximum absolute atomic E-state index is 5.81. The highest BCUT2D eigenvalue weighted by Crippen LogP contribution is 2.30. The molecule has 0 saturated carbocycles. The van der Waals surface area contributed by atoms with Gasteiger partial charge in [0.2, 0.25) is 0 Å². The number of halogens is 2. The van der Waals surface area contributed by atoms with E-state index in [1.54, 1.807) is 0 Å². The van der Waals surface area contributed by atoms with Crippen molar-refractivity contribution in [3.05, 3.63) is 28.8 Å². The van der Waals surface area contributed by atoms with Crippen molar-refractivity contribution in [3.63, 3.8) is 0 Å². The molecule has 5 heteroatoms. The molecule has 1 rings (SSSR count). The van der Waals surface area contributed by atoms with Crippen LogP contribution in [0, 0.1) is 0 Å². The Kier molecular flexibility index (Phi) is 6.76. The molecule has 1 aromatic carbocycles. The minimum atomic E-state index is 0.477. The third-order valence-corrected chi connectivity index (χ3v) is 2.74. The summed E-state index contributed by atoms with van der Waals surface area (Å²) in [6.45, 7) is 5.54. The van der Waals surface area contributed by atoms with E-state index in [0.29, 0.717) is 24.8 Å². The van der Waals surface area contributed by atoms with E-state index in [4.69, 9.17) is 32.7 Å². The summed E-state index contributed by atoms with van der Waals surface area (Å²) in [5.41, 5.74) is 2.24. The van der Waals surface area contributed by atoms with Crippen LogP contribution in [-0.4, -0.2) is 19.8 Å². The van der Waals surface area contributed by atoms with E-state index in [2.05, 4.69) is 5.32 Å². The standard InChI is InChI=1S/C13H17Cl2NO2/c1-3-17-12-6-5-11(7-13(12)18-4-2)16-9-10(15)8-14/h5-8,16H,3-4,9H2,1-2H3. The minimum absolute atomic E-state index is 0.477. The van der Waals surface area contributed by atoms with E-state index in [1.165, 1.54) is 5.54 Å². The van der Waals surface area contributed by atoms with Crippen LogP contribution < -0.4 is 14.8 Å². The number of hydrogen-bond acceptors (Lipinski definition) is 3. The van der Waals surface area contributed by atoms with E-state index in [9.17, 15) is 0 Å². The van der Waals surface area contributed by atoms with Gasteiger partial charge in [0.1, 0.15) is 0 Å². The van der Waals surface area contributed by atoms with Gasteiger partial charge in [-0.2, -0.15) is 0 Å². The van der Waals surface area contributed by atoms with Gasteiger partial charge in [0, 0.05) is 22.3 Å². The monoisotopic (exact) mass is 289 g/mol. The Balaban J connectivity index is 2.78. The van der Waals surface area contributed by atoms with Crippen LogP contribution in [0.5, 0.6) is 11.5 Å². The van der Waals surface area contributed by atoms with E-state index in [1.807, 2.05) is 32.0 Å². The first-order valence-electron chi connectivity index (χ1n) is 5.79. The molecule has 0 unspecified atom stereocenters. The summed E-state index contributed by atoms with van der Waals surface area (Å²) >= 11 is 11.3. The average Bonchev–Trinajstić information content (AvgIpc) is 2.39. The fraction of sp³-hybridized carbons (Fsp3) is 0.385. The Bertz CT molecular complexity index is 408. The van der Waals surface area contributed by atoms with Crippen LogP contribution in [0.25, 0.3) is 0 Å². The Hall–Kier alpha value is -1.06. The van der Waals surface area contributed by atoms with Crippen molar-refractivity contribution in [2.75, 3.05) is 25.1 Å². The topological polar surface area (TPSA) is 30.5 Å². The lowest BCUT2D eigenvalue weighted by Crippen LogP contribution is -2.03. The van der Waals surface area contributed by atoms with E-state index in [0.717, 1.165) is 17.2 Å². The number of nitrogens with one attached hydrogen (secondary N) is 1. The van der Waals surface area contributed by atoms with Crippen molar-refractivity contribution in [2.24, 2.45) is 0 Å². The minimum Gasteiger partial charge on any atom is -0.490 e. The smallest absolute Gasteiger partial charge is 0.163 e. The van der Waals surface area contributed by atoms with Gasteiger partial charge in [0.25, 0.3) is 0 Å². The first kappa shape index (κ1) is 15.0. The van der Waals surface area contributed by atoms with Crippen LogP contribution in [0.2, 0.25) is 0 Å². The molecule has 0 aromatic heterocycles. The molecule has 0 heterocycles. The number of ether oxygens (including phenoxy) is 2. The van der Waals surface area contributed by atoms with Crippen molar-refractivity contribution in [1.29, 1.82) is 0 Å². The molecule has 18 heavy (non-hydrogen) atoms. The predicted molar refractivity (Wildman–Crippen MR) is 77.1 cm³/mol. The molecule has 1 aromatic rings. The van der Waals surface area contributed by atoms with E-state index < -0.39 is 0 Å². The first-order valence-corrected chi connectivity index (χ1v) is 6.61. The van der Waals surface area contributed by atoms with Gasteiger partial charge >= 0.3 is 0 Å². The Morgan fingerprint density at radius 2 is 1.89 bits per heavy atom. The summed E-state index contributed by atoms with van der Waals surface area (Å²) < 4.78 is 11.0. The van der Waals surface area contributed by atoms with Gasteiger partial charge < -0.3 is 14.8 Å². The Labute approximate surface area is 118 Å². The molecule has 0 radical (unpaired) electrons. The predicted octanol–water partition coefficient (Wildman–Crippen LogP) is 4.21. The quantitative estimate of drug-likeness (QED) is 0.815. The number of hydrogen-bond donors (Lipinski definition) is 1. The molecular formula is C13H17Cl2NO2. The first-order chi connectivity index (χ1) is 8.71. The van der Waals surface area contributed by atoms with Crippen molar-refractivity contribution >= 4 is 28.9 Å². The van der Waals surface area contributed by atoms with Gasteiger partial charge in [-0.15, -0.1) is 0 Å². The van der Waals surface area contributed by atoms with Crippen LogP contribution in [-0.2, 0) is 0 Å². The Morgan fingerprint density at radius 3 is 2.50 bits per heavy atom. The summed E-state index contributed by atoms with van der Waals surface area (Å²) in [6.07, 6.45) is 0. The van der Waals surface area contributed by atoms with Crippen molar-refractivity contribution < 1.29 is 9.47 Å². The summed E-state index contributed by atoms with van der Waals surface area (Å²) in [6, 6.07) is 5.66. The van der Waals surface area contributed by atoms with Gasteiger partial charge in [-0.25, -0.2) is 0 Å². The van der Waals surface area contributed by atoms with Crippen molar-refractivity contribution in [2.45, 2.75) is 13.8 Å². The highest BCUT2D eigenvalue weighted by Gasteiger charge is 2.06. The highest BCUT2D eigenvalue weighted by atomic mass is 35.5. The maximum Gasteiger partial charge on any atom is 0.163 e. The summed E-state index contributed by atoms with van der Waals surface area (Å²) in [4.78, 5) is 0. The normalized spacial score (nSPS) is 11.2. The van der Waals surface area contributed by atoms with E-state index in [-0.39, 0.29) is 0 Å². The second-order valence-electron chi connectivity index (χ2n) is 3.44. The summed E-state index contributed by atoms with van der Waals surface area (Å²) in [5, 5.41) is 3.69. The summed E-state index contributed by atoms with van der Waals surface area (Å²) in [5.74, 6) is 1.46. The summed E-state index contributed by atoms with van der Waals surface area (Å²) in [7, 11) is 0. The van der Waals surface area contributed by atoms with Crippen LogP contribution in [0.15, 0.2) is 28.8 Å². The van der Waals surface area contributed by atoms with Gasteiger partial charge in [0.05, 0.1) is 19.8 Å². The molecule has 0 spiro atoms. The highest BCUT2D eigenvalue weighted by molar-refractivity contribution is 6.36. The zero-order chi connectivity index (χ0) is 13.4. The molecule has 0 bridgehead atoms. The van der Waals surface area contributed by atoms with E-state index >= 15 is 0 Å². The van der Waals surface area contributed by atoms with Gasteiger partial charge in [-0.1, -0.05) is 23.2 Å². The fourth-order valence-corrected chi connectivity index (χ4v) is 1.53. The molecule has 0 aliphatic carbocycles. The molecule has 0 fully saturated rings. The number of rotatable bonds is 7. The molecule has 3 nitrogen and oxygen atoms in total. The Morgan fingerprint density at radius 1 is 1.22 bits per heavy atom. The lowest BCUT2D eigenvalue weighted by Gasteiger charge is -2.13. The molecule has 100 valence electrons. The molecule has 0 amide bonds. The van der Waals surface area contributed by atoms with Gasteiger partial charge in [-0.3, -0.25) is 0 Å². The SMILES string of the molecule is CCOc1ccc(NCC(Cl)=CCl)cc1OCC. The molecule has 0 atom stereocenters. The van der Waals surface area contributed by atoms with Crippen molar-refractivity contribution in [3.8, 4) is 11.5 Å². The lowest BCUT2D eigenvalue weighted by molar-refractivity contribution is 0.288.